The molecule has 0 spiro atoms. The third kappa shape index (κ3) is 3.57. The van der Waals surface area contributed by atoms with Crippen molar-refractivity contribution < 1.29 is 5.11 Å². The van der Waals surface area contributed by atoms with Gasteiger partial charge in [-0.1, -0.05) is 57.5 Å². The second-order valence-electron chi connectivity index (χ2n) is 6.96. The fourth-order valence-electron chi connectivity index (χ4n) is 3.17. The van der Waals surface area contributed by atoms with Crippen molar-refractivity contribution in [2.45, 2.75) is 39.5 Å². The Morgan fingerprint density at radius 3 is 2.20 bits per heavy atom. The van der Waals surface area contributed by atoms with E-state index in [9.17, 15) is 5.11 Å². The van der Waals surface area contributed by atoms with Crippen LogP contribution in [0.15, 0.2) is 48.8 Å². The predicted molar refractivity (Wildman–Crippen MR) is 104 cm³/mol. The molecule has 1 heterocycles. The highest BCUT2D eigenvalue weighted by Gasteiger charge is 2.17. The molecule has 0 amide bonds. The third-order valence-corrected chi connectivity index (χ3v) is 4.59. The summed E-state index contributed by atoms with van der Waals surface area (Å²) >= 11 is 6.06. The van der Waals surface area contributed by atoms with E-state index in [-0.39, 0.29) is 5.75 Å². The summed E-state index contributed by atoms with van der Waals surface area (Å²) in [6.07, 6.45) is 3.88. The minimum Gasteiger partial charge on any atom is -0.508 e. The number of halogens is 1. The van der Waals surface area contributed by atoms with Crippen molar-refractivity contribution in [2.75, 3.05) is 0 Å². The Bertz CT molecular complexity index is 850. The smallest absolute Gasteiger partial charge is 0.119 e. The second kappa shape index (κ2) is 6.93. The molecule has 3 nitrogen and oxygen atoms in total. The summed E-state index contributed by atoms with van der Waals surface area (Å²) in [7, 11) is 0. The Kier molecular flexibility index (Phi) is 4.87. The summed E-state index contributed by atoms with van der Waals surface area (Å²) in [5.41, 5.74) is 5.71. The van der Waals surface area contributed by atoms with E-state index in [1.54, 1.807) is 16.8 Å². The average Bonchev–Trinajstić information content (AvgIpc) is 3.02. The van der Waals surface area contributed by atoms with Gasteiger partial charge in [0.05, 0.1) is 11.9 Å². The molecular formula is C21H23ClN2O. The number of phenolic OH excluding ortho intramolecular Hbond substituents is 1. The highest BCUT2D eigenvalue weighted by molar-refractivity contribution is 6.30. The van der Waals surface area contributed by atoms with Crippen molar-refractivity contribution in [3.8, 4) is 22.6 Å². The van der Waals surface area contributed by atoms with Gasteiger partial charge in [-0.15, -0.1) is 0 Å². The van der Waals surface area contributed by atoms with Gasteiger partial charge in [0.25, 0.3) is 0 Å². The molecule has 0 aliphatic carbocycles. The number of aromatic nitrogens is 2. The molecule has 4 heteroatoms. The highest BCUT2D eigenvalue weighted by Crippen LogP contribution is 2.36. The van der Waals surface area contributed by atoms with Crippen LogP contribution in [0.5, 0.6) is 5.75 Å². The zero-order valence-corrected chi connectivity index (χ0v) is 15.7. The van der Waals surface area contributed by atoms with Crippen molar-refractivity contribution >= 4 is 11.6 Å². The van der Waals surface area contributed by atoms with Crippen LogP contribution in [0.1, 0.15) is 50.7 Å². The summed E-state index contributed by atoms with van der Waals surface area (Å²) in [5.74, 6) is 0.976. The normalized spacial score (nSPS) is 11.5. The van der Waals surface area contributed by atoms with Crippen LogP contribution in [0.4, 0.5) is 0 Å². The number of hydrogen-bond donors (Lipinski definition) is 1. The van der Waals surface area contributed by atoms with Crippen molar-refractivity contribution in [1.82, 2.24) is 9.78 Å². The Morgan fingerprint density at radius 2 is 1.64 bits per heavy atom. The van der Waals surface area contributed by atoms with E-state index < -0.39 is 0 Å². The van der Waals surface area contributed by atoms with Crippen LogP contribution in [-0.2, 0) is 0 Å². The number of aromatic hydroxyl groups is 1. The predicted octanol–water partition coefficient (Wildman–Crippen LogP) is 6.15. The lowest BCUT2D eigenvalue weighted by molar-refractivity contribution is 0.475. The monoisotopic (exact) mass is 354 g/mol. The summed E-state index contributed by atoms with van der Waals surface area (Å²) in [5, 5.41) is 14.8. The van der Waals surface area contributed by atoms with Crippen LogP contribution in [0, 0.1) is 0 Å². The van der Waals surface area contributed by atoms with Gasteiger partial charge in [0.15, 0.2) is 0 Å². The molecule has 0 aliphatic rings. The van der Waals surface area contributed by atoms with Crippen molar-refractivity contribution in [3.05, 3.63) is 64.9 Å². The molecule has 0 atom stereocenters. The number of nitrogens with zero attached hydrogens (tertiary/aromatic N) is 2. The topological polar surface area (TPSA) is 38.0 Å². The Balaban J connectivity index is 2.14. The average molecular weight is 355 g/mol. The summed E-state index contributed by atoms with van der Waals surface area (Å²) < 4.78 is 1.75. The maximum atomic E-state index is 9.79. The molecule has 2 aromatic carbocycles. The van der Waals surface area contributed by atoms with Crippen molar-refractivity contribution in [2.24, 2.45) is 0 Å². The third-order valence-electron chi connectivity index (χ3n) is 4.38. The van der Waals surface area contributed by atoms with Crippen LogP contribution in [0.2, 0.25) is 5.02 Å². The van der Waals surface area contributed by atoms with Crippen LogP contribution >= 0.6 is 11.6 Å². The molecule has 0 unspecified atom stereocenters. The number of benzene rings is 2. The van der Waals surface area contributed by atoms with E-state index in [4.69, 9.17) is 11.6 Å². The van der Waals surface area contributed by atoms with Gasteiger partial charge in [0.1, 0.15) is 5.75 Å². The molecule has 3 rings (SSSR count). The molecule has 3 aromatic rings. The second-order valence-corrected chi connectivity index (χ2v) is 7.40. The van der Waals surface area contributed by atoms with Gasteiger partial charge >= 0.3 is 0 Å². The van der Waals surface area contributed by atoms with Gasteiger partial charge in [-0.2, -0.15) is 5.10 Å². The standard InChI is InChI=1S/C21H23ClN2O/c1-13(2)19-6-5-7-20(14(3)4)21(19)15-11-23-24(12-15)17-8-16(22)9-18(25)10-17/h5-14,25H,1-4H3. The largest absolute Gasteiger partial charge is 0.508 e. The molecule has 0 radical (unpaired) electrons. The maximum absolute atomic E-state index is 9.79. The zero-order valence-electron chi connectivity index (χ0n) is 15.0. The minimum absolute atomic E-state index is 0.130. The van der Waals surface area contributed by atoms with Gasteiger partial charge in [-0.05, 0) is 40.7 Å². The molecule has 1 N–H and O–H groups in total. The SMILES string of the molecule is CC(C)c1cccc(C(C)C)c1-c1cnn(-c2cc(O)cc(Cl)c2)c1. The molecule has 1 aromatic heterocycles. The Hall–Kier alpha value is -2.26. The Morgan fingerprint density at radius 1 is 1.00 bits per heavy atom. The van der Waals surface area contributed by atoms with Gasteiger partial charge in [-0.3, -0.25) is 0 Å². The minimum atomic E-state index is 0.130. The van der Waals surface area contributed by atoms with E-state index in [0.717, 1.165) is 11.3 Å². The van der Waals surface area contributed by atoms with Gasteiger partial charge in [0, 0.05) is 22.8 Å². The zero-order chi connectivity index (χ0) is 18.1. The molecule has 0 aliphatic heterocycles. The summed E-state index contributed by atoms with van der Waals surface area (Å²) in [6.45, 7) is 8.84. The fourth-order valence-corrected chi connectivity index (χ4v) is 3.39. The first-order chi connectivity index (χ1) is 11.9. The highest BCUT2D eigenvalue weighted by atomic mass is 35.5. The van der Waals surface area contributed by atoms with Crippen LogP contribution in [0.25, 0.3) is 16.8 Å². The van der Waals surface area contributed by atoms with E-state index in [1.807, 2.05) is 12.4 Å². The first-order valence-electron chi connectivity index (χ1n) is 8.54. The van der Waals surface area contributed by atoms with E-state index in [2.05, 4.69) is 51.0 Å². The van der Waals surface area contributed by atoms with E-state index in [0.29, 0.717) is 16.9 Å². The van der Waals surface area contributed by atoms with E-state index in [1.165, 1.54) is 22.8 Å². The van der Waals surface area contributed by atoms with Crippen LogP contribution in [-0.4, -0.2) is 14.9 Å². The Labute approximate surface area is 153 Å². The lowest BCUT2D eigenvalue weighted by Gasteiger charge is -2.18. The number of rotatable bonds is 4. The number of phenols is 1. The first-order valence-corrected chi connectivity index (χ1v) is 8.92. The van der Waals surface area contributed by atoms with Gasteiger partial charge in [-0.25, -0.2) is 4.68 Å². The van der Waals surface area contributed by atoms with E-state index >= 15 is 0 Å². The molecule has 0 fully saturated rings. The quantitative estimate of drug-likeness (QED) is 0.610. The van der Waals surface area contributed by atoms with Crippen molar-refractivity contribution in [3.63, 3.8) is 0 Å². The van der Waals surface area contributed by atoms with Crippen LogP contribution in [0.3, 0.4) is 0 Å². The lowest BCUT2D eigenvalue weighted by atomic mass is 9.86. The lowest BCUT2D eigenvalue weighted by Crippen LogP contribution is -1.99. The molecule has 130 valence electrons. The molecule has 0 saturated carbocycles. The van der Waals surface area contributed by atoms with Gasteiger partial charge in [0.2, 0.25) is 0 Å². The van der Waals surface area contributed by atoms with Crippen molar-refractivity contribution in [1.29, 1.82) is 0 Å². The maximum Gasteiger partial charge on any atom is 0.119 e. The fraction of sp³-hybridized carbons (Fsp3) is 0.286. The first kappa shape index (κ1) is 17.6. The molecular weight excluding hydrogens is 332 g/mol. The summed E-state index contributed by atoms with van der Waals surface area (Å²) in [4.78, 5) is 0. The summed E-state index contributed by atoms with van der Waals surface area (Å²) in [6, 6.07) is 11.5. The molecule has 0 saturated heterocycles. The molecule has 25 heavy (non-hydrogen) atoms. The number of hydrogen-bond acceptors (Lipinski definition) is 2. The van der Waals surface area contributed by atoms with Gasteiger partial charge < -0.3 is 5.11 Å². The van der Waals surface area contributed by atoms with Crippen LogP contribution < -0.4 is 0 Å². The molecule has 0 bridgehead atoms.